The molecule has 1 atom stereocenters. The molecule has 1 aromatic carbocycles. The first-order chi connectivity index (χ1) is 10.8. The Kier molecular flexibility index (Phi) is 5.18. The Morgan fingerprint density at radius 1 is 1.41 bits per heavy atom. The van der Waals surface area contributed by atoms with E-state index in [4.69, 9.17) is 4.74 Å². The molecule has 22 heavy (non-hydrogen) atoms. The monoisotopic (exact) mass is 320 g/mol. The van der Waals surface area contributed by atoms with E-state index < -0.39 is 0 Å². The van der Waals surface area contributed by atoms with Crippen LogP contribution in [0.5, 0.6) is 0 Å². The number of hydrogen-bond donors (Lipinski definition) is 0. The highest BCUT2D eigenvalue weighted by Crippen LogP contribution is 2.26. The zero-order valence-corrected chi connectivity index (χ0v) is 13.6. The van der Waals surface area contributed by atoms with Crippen molar-refractivity contribution >= 4 is 11.3 Å². The predicted octanol–water partition coefficient (Wildman–Crippen LogP) is 3.81. The third kappa shape index (κ3) is 3.72. The Balaban J connectivity index is 1.66. The lowest BCUT2D eigenvalue weighted by Gasteiger charge is -2.22. The van der Waals surface area contributed by atoms with Crippen LogP contribution in [0.1, 0.15) is 19.0 Å². The molecule has 2 heterocycles. The number of halogens is 1. The Morgan fingerprint density at radius 3 is 3.00 bits per heavy atom. The molecule has 1 aliphatic rings. The first-order valence-electron chi connectivity index (χ1n) is 7.75. The second-order valence-electron chi connectivity index (χ2n) is 5.68. The summed E-state index contributed by atoms with van der Waals surface area (Å²) in [5.41, 5.74) is 1.61. The molecule has 0 spiro atoms. The molecule has 0 aliphatic carbocycles. The zero-order valence-electron chi connectivity index (χ0n) is 12.8. The van der Waals surface area contributed by atoms with Gasteiger partial charge in [-0.1, -0.05) is 19.1 Å². The highest BCUT2D eigenvalue weighted by molar-refractivity contribution is 7.13. The highest BCUT2D eigenvalue weighted by atomic mass is 32.1. The Bertz CT molecular complexity index is 610. The second-order valence-corrected chi connectivity index (χ2v) is 6.54. The third-order valence-electron chi connectivity index (χ3n) is 4.03. The summed E-state index contributed by atoms with van der Waals surface area (Å²) in [7, 11) is 0. The van der Waals surface area contributed by atoms with E-state index in [1.54, 1.807) is 12.1 Å². The lowest BCUT2D eigenvalue weighted by Crippen LogP contribution is -2.29. The largest absolute Gasteiger partial charge is 0.381 e. The van der Waals surface area contributed by atoms with Crippen LogP contribution in [-0.4, -0.2) is 36.2 Å². The van der Waals surface area contributed by atoms with E-state index in [1.165, 1.54) is 17.4 Å². The van der Waals surface area contributed by atoms with Gasteiger partial charge in [0.2, 0.25) is 0 Å². The summed E-state index contributed by atoms with van der Waals surface area (Å²) < 4.78 is 19.3. The molecule has 118 valence electrons. The van der Waals surface area contributed by atoms with Crippen molar-refractivity contribution in [2.24, 2.45) is 5.92 Å². The quantitative estimate of drug-likeness (QED) is 0.809. The van der Waals surface area contributed by atoms with Crippen molar-refractivity contribution in [3.05, 3.63) is 41.2 Å². The third-order valence-corrected chi connectivity index (χ3v) is 4.95. The summed E-state index contributed by atoms with van der Waals surface area (Å²) >= 11 is 1.51. The van der Waals surface area contributed by atoms with E-state index in [1.807, 2.05) is 11.4 Å². The van der Waals surface area contributed by atoms with Crippen LogP contribution in [-0.2, 0) is 11.3 Å². The number of aromatic nitrogens is 1. The maximum Gasteiger partial charge on any atom is 0.133 e. The summed E-state index contributed by atoms with van der Waals surface area (Å²) in [5, 5.41) is 2.80. The van der Waals surface area contributed by atoms with Gasteiger partial charge in [-0.05, 0) is 31.0 Å². The summed E-state index contributed by atoms with van der Waals surface area (Å²) in [6.45, 7) is 6.77. The summed E-state index contributed by atoms with van der Waals surface area (Å²) in [6.07, 6.45) is 1.15. The van der Waals surface area contributed by atoms with Crippen molar-refractivity contribution in [3.63, 3.8) is 0 Å². The van der Waals surface area contributed by atoms with E-state index in [0.717, 1.165) is 50.0 Å². The van der Waals surface area contributed by atoms with Crippen molar-refractivity contribution in [1.82, 2.24) is 9.88 Å². The topological polar surface area (TPSA) is 25.4 Å². The van der Waals surface area contributed by atoms with Gasteiger partial charge in [0, 0.05) is 30.6 Å². The average molecular weight is 320 g/mol. The van der Waals surface area contributed by atoms with Gasteiger partial charge in [-0.2, -0.15) is 0 Å². The maximum absolute atomic E-state index is 13.8. The molecule has 1 unspecified atom stereocenters. The minimum Gasteiger partial charge on any atom is -0.381 e. The van der Waals surface area contributed by atoms with E-state index in [9.17, 15) is 4.39 Å². The smallest absolute Gasteiger partial charge is 0.133 e. The van der Waals surface area contributed by atoms with Crippen LogP contribution in [0.15, 0.2) is 29.6 Å². The molecule has 0 N–H and O–H groups in total. The molecule has 0 bridgehead atoms. The summed E-state index contributed by atoms with van der Waals surface area (Å²) in [5.74, 6) is 0.420. The van der Waals surface area contributed by atoms with Crippen LogP contribution >= 0.6 is 11.3 Å². The molecular weight excluding hydrogens is 299 g/mol. The van der Waals surface area contributed by atoms with Gasteiger partial charge in [-0.25, -0.2) is 9.37 Å². The lowest BCUT2D eigenvalue weighted by atomic mass is 10.1. The van der Waals surface area contributed by atoms with Gasteiger partial charge >= 0.3 is 0 Å². The van der Waals surface area contributed by atoms with Crippen molar-refractivity contribution in [2.75, 3.05) is 26.3 Å². The van der Waals surface area contributed by atoms with Gasteiger partial charge in [-0.15, -0.1) is 11.3 Å². The first-order valence-corrected chi connectivity index (χ1v) is 8.63. The van der Waals surface area contributed by atoms with E-state index >= 15 is 0 Å². The van der Waals surface area contributed by atoms with E-state index in [0.29, 0.717) is 11.5 Å². The molecule has 5 heteroatoms. The fourth-order valence-corrected chi connectivity index (χ4v) is 3.60. The fraction of sp³-hybridized carbons (Fsp3) is 0.471. The van der Waals surface area contributed by atoms with Crippen LogP contribution in [0.4, 0.5) is 4.39 Å². The summed E-state index contributed by atoms with van der Waals surface area (Å²) in [4.78, 5) is 7.00. The Labute approximate surface area is 134 Å². The van der Waals surface area contributed by atoms with Crippen molar-refractivity contribution in [1.29, 1.82) is 0 Å². The molecule has 1 aromatic heterocycles. The number of thiazole rings is 1. The minimum absolute atomic E-state index is 0.209. The zero-order chi connectivity index (χ0) is 15.4. The SMILES string of the molecule is CCN(Cc1csc(-c2ccccc2F)n1)CC1CCOC1. The fourth-order valence-electron chi connectivity index (χ4n) is 2.76. The predicted molar refractivity (Wildman–Crippen MR) is 87.4 cm³/mol. The molecular formula is C17H21FN2OS. The van der Waals surface area contributed by atoms with Gasteiger partial charge < -0.3 is 4.74 Å². The van der Waals surface area contributed by atoms with Crippen molar-refractivity contribution in [2.45, 2.75) is 19.9 Å². The van der Waals surface area contributed by atoms with E-state index in [-0.39, 0.29) is 5.82 Å². The van der Waals surface area contributed by atoms with Gasteiger partial charge in [-0.3, -0.25) is 4.90 Å². The Morgan fingerprint density at radius 2 is 2.27 bits per heavy atom. The number of ether oxygens (including phenoxy) is 1. The molecule has 0 radical (unpaired) electrons. The van der Waals surface area contributed by atoms with Crippen LogP contribution in [0.2, 0.25) is 0 Å². The maximum atomic E-state index is 13.8. The van der Waals surface area contributed by atoms with Gasteiger partial charge in [0.25, 0.3) is 0 Å². The summed E-state index contributed by atoms with van der Waals surface area (Å²) in [6, 6.07) is 6.81. The van der Waals surface area contributed by atoms with E-state index in [2.05, 4.69) is 16.8 Å². The lowest BCUT2D eigenvalue weighted by molar-refractivity contribution is 0.166. The molecule has 1 saturated heterocycles. The van der Waals surface area contributed by atoms with Crippen LogP contribution < -0.4 is 0 Å². The normalized spacial score (nSPS) is 18.2. The van der Waals surface area contributed by atoms with Crippen LogP contribution in [0.25, 0.3) is 10.6 Å². The minimum atomic E-state index is -0.209. The van der Waals surface area contributed by atoms with Crippen LogP contribution in [0, 0.1) is 11.7 Å². The van der Waals surface area contributed by atoms with Gasteiger partial charge in [0.15, 0.2) is 0 Å². The highest BCUT2D eigenvalue weighted by Gasteiger charge is 2.19. The standard InChI is InChI=1S/C17H21FN2OS/c1-2-20(9-13-7-8-21-11-13)10-14-12-22-17(19-14)15-5-3-4-6-16(15)18/h3-6,12-13H,2,7-11H2,1H3. The second kappa shape index (κ2) is 7.31. The molecule has 0 saturated carbocycles. The number of hydrogen-bond acceptors (Lipinski definition) is 4. The molecule has 3 nitrogen and oxygen atoms in total. The van der Waals surface area contributed by atoms with Gasteiger partial charge in [0.1, 0.15) is 10.8 Å². The molecule has 1 aliphatic heterocycles. The molecule has 3 rings (SSSR count). The molecule has 2 aromatic rings. The van der Waals surface area contributed by atoms with Crippen LogP contribution in [0.3, 0.4) is 0 Å². The van der Waals surface area contributed by atoms with Crippen molar-refractivity contribution in [3.8, 4) is 10.6 Å². The van der Waals surface area contributed by atoms with Gasteiger partial charge in [0.05, 0.1) is 12.3 Å². The number of rotatable bonds is 6. The average Bonchev–Trinajstić information content (AvgIpc) is 3.19. The molecule has 1 fully saturated rings. The number of nitrogens with zero attached hydrogens (tertiary/aromatic N) is 2. The number of benzene rings is 1. The first kappa shape index (κ1) is 15.6. The van der Waals surface area contributed by atoms with Crippen molar-refractivity contribution < 1.29 is 9.13 Å². The Hall–Kier alpha value is -1.30. The molecule has 0 amide bonds.